The number of fused-ring (bicyclic) bond motifs is 2. The average Bonchev–Trinajstić information content (AvgIpc) is 3.35. The van der Waals surface area contributed by atoms with Gasteiger partial charge in [-0.3, -0.25) is 9.59 Å². The molecule has 0 aliphatic rings. The molecule has 1 amide bonds. The van der Waals surface area contributed by atoms with Crippen LogP contribution in [0.4, 0.5) is 0 Å². The monoisotopic (exact) mass is 422 g/mol. The molecule has 9 nitrogen and oxygen atoms in total. The van der Waals surface area contributed by atoms with Gasteiger partial charge in [0.2, 0.25) is 0 Å². The number of carbonyl (C=O) groups is 2. The number of carboxylic acids is 1. The van der Waals surface area contributed by atoms with Crippen LogP contribution in [0.3, 0.4) is 0 Å². The van der Waals surface area contributed by atoms with Crippen molar-refractivity contribution in [3.63, 3.8) is 0 Å². The molecule has 0 saturated heterocycles. The second-order valence-electron chi connectivity index (χ2n) is 7.03. The number of nitrogens with zero attached hydrogens (tertiary/aromatic N) is 2. The molecule has 0 bridgehead atoms. The number of pyridine rings is 1. The van der Waals surface area contributed by atoms with Crippen molar-refractivity contribution < 1.29 is 24.5 Å². The Bertz CT molecular complexity index is 1210. The summed E-state index contributed by atoms with van der Waals surface area (Å²) >= 11 is 0. The summed E-state index contributed by atoms with van der Waals surface area (Å²) in [4.78, 5) is 30.5. The normalized spacial score (nSPS) is 11.1. The largest absolute Gasteiger partial charge is 0.484 e. The third-order valence-electron chi connectivity index (χ3n) is 4.89. The zero-order valence-electron chi connectivity index (χ0n) is 16.7. The van der Waals surface area contributed by atoms with E-state index in [0.29, 0.717) is 12.3 Å². The Morgan fingerprint density at radius 2 is 2.03 bits per heavy atom. The summed E-state index contributed by atoms with van der Waals surface area (Å²) in [6, 6.07) is 13.2. The zero-order chi connectivity index (χ0) is 21.8. The SMILES string of the molecule is O=C(O)CCn1c(-c2cc3cccnc3[nH]2)cc2cc(OCC(=O)NCCO)ccc21. The quantitative estimate of drug-likeness (QED) is 0.327. The maximum atomic E-state index is 11.7. The molecule has 4 aromatic rings. The molecule has 31 heavy (non-hydrogen) atoms. The summed E-state index contributed by atoms with van der Waals surface area (Å²) in [5.41, 5.74) is 3.29. The van der Waals surface area contributed by atoms with Gasteiger partial charge in [0.15, 0.2) is 6.61 Å². The molecule has 0 radical (unpaired) electrons. The minimum absolute atomic E-state index is 0.0153. The number of aliphatic hydroxyl groups is 1. The number of aliphatic hydroxyl groups excluding tert-OH is 1. The standard InChI is InChI=1S/C22H22N4O5/c27-9-7-23-20(28)13-31-16-3-4-18-15(10-16)12-19(26(18)8-5-21(29)30)17-11-14-2-1-6-24-22(14)25-17/h1-4,6,10-12,27H,5,7-9,13H2,(H,23,28)(H,24,25)(H,29,30). The number of benzene rings is 1. The first-order valence-electron chi connectivity index (χ1n) is 9.84. The van der Waals surface area contributed by atoms with E-state index in [1.165, 1.54) is 0 Å². The van der Waals surface area contributed by atoms with Gasteiger partial charge in [-0.1, -0.05) is 0 Å². The molecule has 0 aliphatic carbocycles. The highest BCUT2D eigenvalue weighted by Gasteiger charge is 2.15. The molecular weight excluding hydrogens is 400 g/mol. The van der Waals surface area contributed by atoms with Gasteiger partial charge in [0.25, 0.3) is 5.91 Å². The van der Waals surface area contributed by atoms with E-state index < -0.39 is 5.97 Å². The number of nitrogens with one attached hydrogen (secondary N) is 2. The Morgan fingerprint density at radius 1 is 1.16 bits per heavy atom. The van der Waals surface area contributed by atoms with E-state index >= 15 is 0 Å². The first-order chi connectivity index (χ1) is 15.0. The smallest absolute Gasteiger partial charge is 0.305 e. The van der Waals surface area contributed by atoms with E-state index in [2.05, 4.69) is 15.3 Å². The predicted octanol–water partition coefficient (Wildman–Crippen LogP) is 2.15. The molecule has 3 heterocycles. The molecule has 9 heteroatoms. The maximum Gasteiger partial charge on any atom is 0.305 e. The lowest BCUT2D eigenvalue weighted by atomic mass is 10.2. The van der Waals surface area contributed by atoms with Crippen molar-refractivity contribution in [2.75, 3.05) is 19.8 Å². The highest BCUT2D eigenvalue weighted by atomic mass is 16.5. The van der Waals surface area contributed by atoms with E-state index in [1.54, 1.807) is 12.3 Å². The Morgan fingerprint density at radius 3 is 2.81 bits per heavy atom. The van der Waals surface area contributed by atoms with Crippen LogP contribution in [0.5, 0.6) is 5.75 Å². The zero-order valence-corrected chi connectivity index (χ0v) is 16.7. The summed E-state index contributed by atoms with van der Waals surface area (Å²) < 4.78 is 7.51. The Kier molecular flexibility index (Phi) is 5.85. The fourth-order valence-electron chi connectivity index (χ4n) is 3.50. The number of amides is 1. The molecule has 0 spiro atoms. The first kappa shape index (κ1) is 20.4. The number of aliphatic carboxylic acids is 1. The van der Waals surface area contributed by atoms with Crippen molar-refractivity contribution in [2.24, 2.45) is 0 Å². The van der Waals surface area contributed by atoms with Gasteiger partial charge in [-0.05, 0) is 42.5 Å². The lowest BCUT2D eigenvalue weighted by Gasteiger charge is -2.09. The molecule has 0 saturated carbocycles. The van der Waals surface area contributed by atoms with Crippen LogP contribution in [-0.4, -0.2) is 56.4 Å². The van der Waals surface area contributed by atoms with Crippen molar-refractivity contribution >= 4 is 33.8 Å². The molecule has 1 aromatic carbocycles. The van der Waals surface area contributed by atoms with Crippen LogP contribution in [0.25, 0.3) is 33.3 Å². The molecule has 0 unspecified atom stereocenters. The minimum Gasteiger partial charge on any atom is -0.484 e. The average molecular weight is 422 g/mol. The van der Waals surface area contributed by atoms with Crippen LogP contribution in [0.15, 0.2) is 48.7 Å². The Hall–Kier alpha value is -3.85. The van der Waals surface area contributed by atoms with Crippen LogP contribution in [0.1, 0.15) is 6.42 Å². The van der Waals surface area contributed by atoms with Crippen LogP contribution in [-0.2, 0) is 16.1 Å². The van der Waals surface area contributed by atoms with Gasteiger partial charge >= 0.3 is 5.97 Å². The highest BCUT2D eigenvalue weighted by molar-refractivity contribution is 5.90. The topological polar surface area (TPSA) is 129 Å². The minimum atomic E-state index is -0.875. The molecule has 0 fully saturated rings. The molecular formula is C22H22N4O5. The molecule has 4 rings (SSSR count). The van der Waals surface area contributed by atoms with Crippen LogP contribution < -0.4 is 10.1 Å². The van der Waals surface area contributed by atoms with Crippen LogP contribution in [0.2, 0.25) is 0 Å². The fraction of sp³-hybridized carbons (Fsp3) is 0.227. The molecule has 0 aliphatic heterocycles. The van der Waals surface area contributed by atoms with Gasteiger partial charge in [0.05, 0.1) is 24.4 Å². The summed E-state index contributed by atoms with van der Waals surface area (Å²) in [6.07, 6.45) is 1.70. The number of H-pyrrole nitrogens is 1. The van der Waals surface area contributed by atoms with Gasteiger partial charge in [-0.15, -0.1) is 0 Å². The van der Waals surface area contributed by atoms with Crippen molar-refractivity contribution in [2.45, 2.75) is 13.0 Å². The molecule has 4 N–H and O–H groups in total. The lowest BCUT2D eigenvalue weighted by Crippen LogP contribution is -2.31. The van der Waals surface area contributed by atoms with E-state index in [1.807, 2.05) is 41.0 Å². The fourth-order valence-corrected chi connectivity index (χ4v) is 3.50. The lowest BCUT2D eigenvalue weighted by molar-refractivity contribution is -0.137. The van der Waals surface area contributed by atoms with Crippen LogP contribution in [0, 0.1) is 0 Å². The molecule has 0 atom stereocenters. The number of carboxylic acid groups (broad SMARTS) is 1. The molecule has 160 valence electrons. The Balaban J connectivity index is 1.67. The number of aromatic nitrogens is 3. The van der Waals surface area contributed by atoms with E-state index in [9.17, 15) is 14.7 Å². The Labute approximate surface area is 177 Å². The summed E-state index contributed by atoms with van der Waals surface area (Å²) in [5.74, 6) is -0.675. The number of hydrogen-bond donors (Lipinski definition) is 4. The number of rotatable bonds is 9. The summed E-state index contributed by atoms with van der Waals surface area (Å²) in [5, 5.41) is 22.3. The number of ether oxygens (including phenoxy) is 1. The second-order valence-corrected chi connectivity index (χ2v) is 7.03. The number of aromatic amines is 1. The van der Waals surface area contributed by atoms with Crippen LogP contribution >= 0.6 is 0 Å². The van der Waals surface area contributed by atoms with Gasteiger partial charge in [-0.2, -0.15) is 0 Å². The van der Waals surface area contributed by atoms with Gasteiger partial charge in [0, 0.05) is 35.6 Å². The van der Waals surface area contributed by atoms with E-state index in [0.717, 1.165) is 33.3 Å². The first-order valence-corrected chi connectivity index (χ1v) is 9.84. The van der Waals surface area contributed by atoms with E-state index in [4.69, 9.17) is 9.84 Å². The summed E-state index contributed by atoms with van der Waals surface area (Å²) in [7, 11) is 0. The van der Waals surface area contributed by atoms with Crippen molar-refractivity contribution in [1.82, 2.24) is 19.9 Å². The predicted molar refractivity (Wildman–Crippen MR) is 115 cm³/mol. The van der Waals surface area contributed by atoms with Crippen molar-refractivity contribution in [3.8, 4) is 17.1 Å². The van der Waals surface area contributed by atoms with E-state index in [-0.39, 0.29) is 32.1 Å². The molecule has 3 aromatic heterocycles. The maximum absolute atomic E-state index is 11.7. The number of hydrogen-bond acceptors (Lipinski definition) is 5. The van der Waals surface area contributed by atoms with Crippen molar-refractivity contribution in [3.05, 3.63) is 48.7 Å². The van der Waals surface area contributed by atoms with Gasteiger partial charge in [-0.25, -0.2) is 4.98 Å². The van der Waals surface area contributed by atoms with Crippen molar-refractivity contribution in [1.29, 1.82) is 0 Å². The third kappa shape index (κ3) is 4.51. The third-order valence-corrected chi connectivity index (χ3v) is 4.89. The second kappa shape index (κ2) is 8.88. The van der Waals surface area contributed by atoms with Gasteiger partial charge in [0.1, 0.15) is 11.4 Å². The highest BCUT2D eigenvalue weighted by Crippen LogP contribution is 2.32. The summed E-state index contributed by atoms with van der Waals surface area (Å²) in [6.45, 7) is 0.191. The number of aryl methyl sites for hydroxylation is 1. The number of carbonyl (C=O) groups excluding carboxylic acids is 1. The van der Waals surface area contributed by atoms with Gasteiger partial charge < -0.3 is 29.8 Å².